The average Bonchev–Trinajstić information content (AvgIpc) is 2.72. The van der Waals surface area contributed by atoms with Crippen LogP contribution in [0.25, 0.3) is 0 Å². The minimum Gasteiger partial charge on any atom is -0.414 e. The zero-order chi connectivity index (χ0) is 22.7. The summed E-state index contributed by atoms with van der Waals surface area (Å²) < 4.78 is 20.9. The predicted octanol–water partition coefficient (Wildman–Crippen LogP) is 5.86. The second kappa shape index (κ2) is 9.58. The fourth-order valence-electron chi connectivity index (χ4n) is 3.95. The molecule has 1 fully saturated rings. The van der Waals surface area contributed by atoms with Crippen LogP contribution >= 0.6 is 7.14 Å². The zero-order valence-corrected chi connectivity index (χ0v) is 21.4. The summed E-state index contributed by atoms with van der Waals surface area (Å²) >= 11 is 0. The van der Waals surface area contributed by atoms with Crippen molar-refractivity contribution in [1.82, 2.24) is 0 Å². The van der Waals surface area contributed by atoms with Crippen LogP contribution in [-0.4, -0.2) is 31.8 Å². The van der Waals surface area contributed by atoms with Crippen LogP contribution in [0.4, 0.5) is 0 Å². The Balaban J connectivity index is 1.84. The van der Waals surface area contributed by atoms with Crippen molar-refractivity contribution in [3.8, 4) is 0 Å². The van der Waals surface area contributed by atoms with Crippen molar-refractivity contribution in [1.29, 1.82) is 0 Å². The third kappa shape index (κ3) is 5.87. The number of aliphatic hydroxyl groups is 1. The molecule has 0 heterocycles. The van der Waals surface area contributed by atoms with Gasteiger partial charge in [0.2, 0.25) is 0 Å². The summed E-state index contributed by atoms with van der Waals surface area (Å²) in [6, 6.07) is 19.6. The summed E-state index contributed by atoms with van der Waals surface area (Å²) in [7, 11) is -4.70. The molecule has 1 aliphatic carbocycles. The van der Waals surface area contributed by atoms with Crippen LogP contribution in [0.1, 0.15) is 40.0 Å². The van der Waals surface area contributed by atoms with Gasteiger partial charge in [-0.2, -0.15) is 0 Å². The van der Waals surface area contributed by atoms with E-state index in [2.05, 4.69) is 39.9 Å². The number of rotatable bonds is 6. The minimum atomic E-state index is -2.79. The molecule has 0 radical (unpaired) electrons. The van der Waals surface area contributed by atoms with Gasteiger partial charge in [0.05, 0.1) is 12.2 Å². The molecule has 2 atom stereocenters. The Hall–Kier alpha value is -1.45. The van der Waals surface area contributed by atoms with Crippen molar-refractivity contribution in [2.75, 3.05) is 6.16 Å². The largest absolute Gasteiger partial charge is 0.414 e. The van der Waals surface area contributed by atoms with E-state index >= 15 is 0 Å². The van der Waals surface area contributed by atoms with Gasteiger partial charge in [0.1, 0.15) is 7.14 Å². The molecular formula is C26H37O3PSi. The number of benzene rings is 2. The molecule has 1 saturated carbocycles. The van der Waals surface area contributed by atoms with Crippen LogP contribution in [0, 0.1) is 0 Å². The van der Waals surface area contributed by atoms with Gasteiger partial charge in [-0.15, -0.1) is 0 Å². The molecule has 3 nitrogen and oxygen atoms in total. The first-order valence-electron chi connectivity index (χ1n) is 11.3. The molecule has 0 amide bonds. The van der Waals surface area contributed by atoms with Crippen LogP contribution in [0.5, 0.6) is 0 Å². The van der Waals surface area contributed by atoms with Gasteiger partial charge in [0.15, 0.2) is 8.32 Å². The summed E-state index contributed by atoms with van der Waals surface area (Å²) in [5.41, 5.74) is 1.16. The van der Waals surface area contributed by atoms with Crippen LogP contribution in [0.15, 0.2) is 72.3 Å². The zero-order valence-electron chi connectivity index (χ0n) is 19.5. The fourth-order valence-corrected chi connectivity index (χ4v) is 7.86. The standard InChI is InChI=1S/C26H37O3PSi/c1-26(2,3)31(4,5)29-23-19-21(18-22(27)20-23)16-17-30(28,24-12-8-6-9-13-24)25-14-10-7-11-15-25/h6-16,22-23,27H,17-20H2,1-5H3/b21-16+/t22-,23-/m1/s1. The highest BCUT2D eigenvalue weighted by atomic mass is 31.2. The molecule has 2 aromatic rings. The highest BCUT2D eigenvalue weighted by Crippen LogP contribution is 2.44. The maximum atomic E-state index is 14.3. The normalized spacial score (nSPS) is 21.9. The highest BCUT2D eigenvalue weighted by Gasteiger charge is 2.40. The van der Waals surface area contributed by atoms with Crippen molar-refractivity contribution in [2.45, 2.75) is 70.4 Å². The van der Waals surface area contributed by atoms with Gasteiger partial charge < -0.3 is 14.1 Å². The molecule has 0 unspecified atom stereocenters. The lowest BCUT2D eigenvalue weighted by Crippen LogP contribution is -2.45. The van der Waals surface area contributed by atoms with Crippen LogP contribution in [0.3, 0.4) is 0 Å². The van der Waals surface area contributed by atoms with E-state index in [1.807, 2.05) is 60.7 Å². The van der Waals surface area contributed by atoms with E-state index in [9.17, 15) is 9.67 Å². The SMILES string of the molecule is CC(C)(C)[Si](C)(C)O[C@@H]1C/C(=C/CP(=O)(c2ccccc2)c2ccccc2)C[C@@H](O)C1. The maximum absolute atomic E-state index is 14.3. The molecule has 0 aromatic heterocycles. The summed E-state index contributed by atoms with van der Waals surface area (Å²) in [4.78, 5) is 0. The summed E-state index contributed by atoms with van der Waals surface area (Å²) in [5.74, 6) is 0. The molecule has 0 spiro atoms. The second-order valence-electron chi connectivity index (χ2n) is 10.3. The molecule has 31 heavy (non-hydrogen) atoms. The lowest BCUT2D eigenvalue weighted by atomic mass is 9.90. The van der Waals surface area contributed by atoms with Gasteiger partial charge in [0.25, 0.3) is 0 Å². The molecule has 2 aromatic carbocycles. The smallest absolute Gasteiger partial charge is 0.192 e. The third-order valence-electron chi connectivity index (χ3n) is 6.77. The Morgan fingerprint density at radius 3 is 2.00 bits per heavy atom. The number of aliphatic hydroxyl groups excluding tert-OH is 1. The van der Waals surface area contributed by atoms with E-state index in [1.54, 1.807) is 0 Å². The van der Waals surface area contributed by atoms with Crippen LogP contribution in [0.2, 0.25) is 18.1 Å². The molecule has 5 heteroatoms. The summed E-state index contributed by atoms with van der Waals surface area (Å²) in [6.07, 6.45) is 4.35. The second-order valence-corrected chi connectivity index (χ2v) is 17.9. The monoisotopic (exact) mass is 456 g/mol. The first kappa shape index (κ1) is 24.2. The fraction of sp³-hybridized carbons (Fsp3) is 0.462. The van der Waals surface area contributed by atoms with Crippen molar-refractivity contribution in [3.63, 3.8) is 0 Å². The quantitative estimate of drug-likeness (QED) is 0.336. The topological polar surface area (TPSA) is 46.5 Å². The van der Waals surface area contributed by atoms with Gasteiger partial charge in [-0.1, -0.05) is 93.1 Å². The van der Waals surface area contributed by atoms with E-state index in [4.69, 9.17) is 4.43 Å². The molecule has 1 N–H and O–H groups in total. The van der Waals surface area contributed by atoms with E-state index in [0.29, 0.717) is 19.0 Å². The van der Waals surface area contributed by atoms with Crippen LogP contribution in [-0.2, 0) is 8.99 Å². The first-order valence-corrected chi connectivity index (χ1v) is 16.1. The van der Waals surface area contributed by atoms with Crippen molar-refractivity contribution < 1.29 is 14.1 Å². The van der Waals surface area contributed by atoms with Crippen molar-refractivity contribution in [2.24, 2.45) is 0 Å². The van der Waals surface area contributed by atoms with Crippen LogP contribution < -0.4 is 10.6 Å². The van der Waals surface area contributed by atoms with E-state index in [0.717, 1.165) is 22.6 Å². The average molecular weight is 457 g/mol. The minimum absolute atomic E-state index is 0.0312. The number of allylic oxidation sites excluding steroid dienone is 1. The molecule has 0 saturated heterocycles. The van der Waals surface area contributed by atoms with E-state index in [-0.39, 0.29) is 11.1 Å². The number of hydrogen-bond donors (Lipinski definition) is 1. The van der Waals surface area contributed by atoms with Crippen molar-refractivity contribution >= 4 is 26.1 Å². The van der Waals surface area contributed by atoms with Gasteiger partial charge >= 0.3 is 0 Å². The lowest BCUT2D eigenvalue weighted by Gasteiger charge is -2.41. The summed E-state index contributed by atoms with van der Waals surface area (Å²) in [5, 5.41) is 12.4. The lowest BCUT2D eigenvalue weighted by molar-refractivity contribution is 0.0666. The van der Waals surface area contributed by atoms with Gasteiger partial charge in [0, 0.05) is 16.8 Å². The number of hydrogen-bond acceptors (Lipinski definition) is 3. The van der Waals surface area contributed by atoms with Gasteiger partial charge in [-0.3, -0.25) is 0 Å². The van der Waals surface area contributed by atoms with Gasteiger partial charge in [-0.05, 0) is 37.4 Å². The Morgan fingerprint density at radius 2 is 1.52 bits per heavy atom. The molecule has 0 aliphatic heterocycles. The molecule has 3 rings (SSSR count). The van der Waals surface area contributed by atoms with E-state index in [1.165, 1.54) is 0 Å². The Bertz CT molecular complexity index is 889. The Kier molecular flexibility index (Phi) is 7.48. The first-order chi connectivity index (χ1) is 14.5. The molecule has 0 bridgehead atoms. The molecular weight excluding hydrogens is 419 g/mol. The van der Waals surface area contributed by atoms with E-state index < -0.39 is 21.6 Å². The molecule has 1 aliphatic rings. The Morgan fingerprint density at radius 1 is 1.00 bits per heavy atom. The predicted molar refractivity (Wildman–Crippen MR) is 135 cm³/mol. The van der Waals surface area contributed by atoms with Crippen molar-refractivity contribution in [3.05, 3.63) is 72.3 Å². The molecule has 168 valence electrons. The highest BCUT2D eigenvalue weighted by molar-refractivity contribution is 7.78. The van der Waals surface area contributed by atoms with Gasteiger partial charge in [-0.25, -0.2) is 0 Å². The maximum Gasteiger partial charge on any atom is 0.192 e. The summed E-state index contributed by atoms with van der Waals surface area (Å²) in [6.45, 7) is 11.2. The Labute approximate surface area is 189 Å². The third-order valence-corrected chi connectivity index (χ3v) is 14.3.